The Bertz CT molecular complexity index is 1270. The average molecular weight is 426 g/mol. The summed E-state index contributed by atoms with van der Waals surface area (Å²) in [5.74, 6) is -0.425. The molecule has 4 aromatic rings. The number of carbonyl (C=O) groups is 2. The predicted octanol–water partition coefficient (Wildman–Crippen LogP) is 4.49. The fourth-order valence-electron chi connectivity index (χ4n) is 3.26. The average Bonchev–Trinajstić information content (AvgIpc) is 3.42. The third-order valence-corrected chi connectivity index (χ3v) is 4.72. The number of nitrogens with one attached hydrogen (secondary N) is 2. The van der Waals surface area contributed by atoms with Gasteiger partial charge in [-0.05, 0) is 62.4 Å². The highest BCUT2D eigenvalue weighted by molar-refractivity contribution is 6.10. The molecule has 4 rings (SSSR count). The van der Waals surface area contributed by atoms with Gasteiger partial charge < -0.3 is 15.1 Å². The Morgan fingerprint density at radius 2 is 1.78 bits per heavy atom. The number of aryl methyl sites for hydroxylation is 2. The molecule has 0 aliphatic carbocycles. The molecule has 0 fully saturated rings. The van der Waals surface area contributed by atoms with Gasteiger partial charge in [0.05, 0.1) is 17.6 Å². The molecule has 0 saturated heterocycles. The maximum Gasteiger partial charge on any atom is 0.272 e. The van der Waals surface area contributed by atoms with Gasteiger partial charge in [0.25, 0.3) is 11.8 Å². The third-order valence-electron chi connectivity index (χ3n) is 4.72. The minimum absolute atomic E-state index is 0.0605. The van der Waals surface area contributed by atoms with Crippen LogP contribution in [0.15, 0.2) is 89.2 Å². The lowest BCUT2D eigenvalue weighted by Crippen LogP contribution is -2.30. The van der Waals surface area contributed by atoms with Crippen LogP contribution in [0.4, 0.5) is 5.69 Å². The number of furan rings is 1. The summed E-state index contributed by atoms with van der Waals surface area (Å²) in [7, 11) is 0. The van der Waals surface area contributed by atoms with Crippen molar-refractivity contribution in [2.24, 2.45) is 0 Å². The molecule has 0 saturated carbocycles. The van der Waals surface area contributed by atoms with E-state index in [1.807, 2.05) is 48.9 Å². The molecular weight excluding hydrogens is 404 g/mol. The molecule has 0 unspecified atom stereocenters. The van der Waals surface area contributed by atoms with Crippen LogP contribution >= 0.6 is 0 Å². The number of hydrogen-bond donors (Lipinski definition) is 2. The number of anilines is 1. The smallest absolute Gasteiger partial charge is 0.272 e. The minimum Gasteiger partial charge on any atom is -0.465 e. The van der Waals surface area contributed by atoms with Crippen molar-refractivity contribution in [2.45, 2.75) is 13.8 Å². The molecule has 2 heterocycles. The first kappa shape index (κ1) is 20.9. The minimum atomic E-state index is -0.476. The van der Waals surface area contributed by atoms with Crippen molar-refractivity contribution in [1.82, 2.24) is 15.1 Å². The first-order valence-electron chi connectivity index (χ1n) is 10.1. The van der Waals surface area contributed by atoms with Gasteiger partial charge in [-0.2, -0.15) is 5.10 Å². The van der Waals surface area contributed by atoms with Gasteiger partial charge in [0, 0.05) is 23.0 Å². The molecule has 2 aromatic heterocycles. The van der Waals surface area contributed by atoms with Crippen LogP contribution in [-0.2, 0) is 4.79 Å². The molecule has 7 nitrogen and oxygen atoms in total. The maximum absolute atomic E-state index is 13.1. The lowest BCUT2D eigenvalue weighted by atomic mass is 10.2. The van der Waals surface area contributed by atoms with Crippen LogP contribution in [0, 0.1) is 13.8 Å². The second kappa shape index (κ2) is 9.18. The summed E-state index contributed by atoms with van der Waals surface area (Å²) in [5, 5.41) is 10.0. The summed E-state index contributed by atoms with van der Waals surface area (Å²) in [4.78, 5) is 25.7. The van der Waals surface area contributed by atoms with Crippen molar-refractivity contribution in [3.8, 4) is 5.69 Å². The van der Waals surface area contributed by atoms with Crippen LogP contribution in [0.2, 0.25) is 0 Å². The number of nitrogens with zero attached hydrogens (tertiary/aromatic N) is 2. The van der Waals surface area contributed by atoms with Gasteiger partial charge in [-0.3, -0.25) is 9.59 Å². The number of amides is 2. The molecule has 7 heteroatoms. The number of carbonyl (C=O) groups excluding carboxylic acids is 2. The summed E-state index contributed by atoms with van der Waals surface area (Å²) in [6.07, 6.45) is 2.99. The van der Waals surface area contributed by atoms with E-state index < -0.39 is 11.8 Å². The van der Waals surface area contributed by atoms with Gasteiger partial charge in [-0.25, -0.2) is 4.68 Å². The molecule has 0 bridgehead atoms. The quantitative estimate of drug-likeness (QED) is 0.445. The summed E-state index contributed by atoms with van der Waals surface area (Å²) in [5.41, 5.74) is 3.78. The van der Waals surface area contributed by atoms with E-state index in [1.165, 1.54) is 12.3 Å². The summed E-state index contributed by atoms with van der Waals surface area (Å²) < 4.78 is 7.13. The van der Waals surface area contributed by atoms with E-state index in [9.17, 15) is 9.59 Å². The second-order valence-corrected chi connectivity index (χ2v) is 7.24. The van der Waals surface area contributed by atoms with E-state index in [0.29, 0.717) is 17.0 Å². The zero-order valence-corrected chi connectivity index (χ0v) is 17.7. The van der Waals surface area contributed by atoms with Gasteiger partial charge in [0.2, 0.25) is 0 Å². The van der Waals surface area contributed by atoms with E-state index in [4.69, 9.17) is 4.42 Å². The van der Waals surface area contributed by atoms with Crippen LogP contribution in [0.3, 0.4) is 0 Å². The van der Waals surface area contributed by atoms with Gasteiger partial charge in [0.15, 0.2) is 0 Å². The van der Waals surface area contributed by atoms with Crippen LogP contribution in [0.1, 0.15) is 27.5 Å². The molecular formula is C25H22N4O3. The molecule has 32 heavy (non-hydrogen) atoms. The Morgan fingerprint density at radius 3 is 2.47 bits per heavy atom. The highest BCUT2D eigenvalue weighted by Gasteiger charge is 2.16. The summed E-state index contributed by atoms with van der Waals surface area (Å²) in [6, 6.07) is 21.4. The molecule has 0 aliphatic rings. The zero-order valence-electron chi connectivity index (χ0n) is 17.7. The molecule has 2 amide bonds. The standard InChI is InChI=1S/C25H22N4O3/c1-17-14-18(2)29(28-17)21-11-6-10-20(15-21)26-25(31)23(16-22-12-7-13-32-22)27-24(30)19-8-4-3-5-9-19/h3-16H,1-2H3,(H,26,31)(H,27,30)/b23-16-. The highest BCUT2D eigenvalue weighted by Crippen LogP contribution is 2.18. The Morgan fingerprint density at radius 1 is 0.969 bits per heavy atom. The fourth-order valence-corrected chi connectivity index (χ4v) is 3.26. The number of hydrogen-bond acceptors (Lipinski definition) is 4. The van der Waals surface area contributed by atoms with Crippen molar-refractivity contribution >= 4 is 23.6 Å². The van der Waals surface area contributed by atoms with Crippen LogP contribution in [0.25, 0.3) is 11.8 Å². The van der Waals surface area contributed by atoms with Crippen LogP contribution < -0.4 is 10.6 Å². The largest absolute Gasteiger partial charge is 0.465 e. The molecule has 0 aliphatic heterocycles. The molecule has 2 aromatic carbocycles. The first-order valence-corrected chi connectivity index (χ1v) is 10.1. The van der Waals surface area contributed by atoms with E-state index in [2.05, 4.69) is 15.7 Å². The molecule has 0 spiro atoms. The van der Waals surface area contributed by atoms with Crippen molar-refractivity contribution in [1.29, 1.82) is 0 Å². The van der Waals surface area contributed by atoms with E-state index >= 15 is 0 Å². The molecule has 2 N–H and O–H groups in total. The zero-order chi connectivity index (χ0) is 22.5. The Labute approximate surface area is 185 Å². The second-order valence-electron chi connectivity index (χ2n) is 7.24. The van der Waals surface area contributed by atoms with Crippen molar-refractivity contribution in [3.63, 3.8) is 0 Å². The summed E-state index contributed by atoms with van der Waals surface area (Å²) >= 11 is 0. The predicted molar refractivity (Wildman–Crippen MR) is 122 cm³/mol. The molecule has 160 valence electrons. The SMILES string of the molecule is Cc1cc(C)n(-c2cccc(NC(=O)/C(=C/c3ccco3)NC(=O)c3ccccc3)c2)n1. The van der Waals surface area contributed by atoms with Crippen molar-refractivity contribution in [3.05, 3.63) is 107 Å². The lowest BCUT2D eigenvalue weighted by Gasteiger charge is -2.12. The lowest BCUT2D eigenvalue weighted by molar-refractivity contribution is -0.113. The van der Waals surface area contributed by atoms with Gasteiger partial charge in [0.1, 0.15) is 11.5 Å². The third kappa shape index (κ3) is 4.84. The Kier molecular flexibility index (Phi) is 5.98. The Balaban J connectivity index is 1.58. The highest BCUT2D eigenvalue weighted by atomic mass is 16.3. The monoisotopic (exact) mass is 426 g/mol. The van der Waals surface area contributed by atoms with E-state index in [0.717, 1.165) is 17.1 Å². The topological polar surface area (TPSA) is 89.2 Å². The van der Waals surface area contributed by atoms with E-state index in [-0.39, 0.29) is 5.70 Å². The van der Waals surface area contributed by atoms with Crippen molar-refractivity contribution in [2.75, 3.05) is 5.32 Å². The van der Waals surface area contributed by atoms with Gasteiger partial charge in [-0.1, -0.05) is 24.3 Å². The van der Waals surface area contributed by atoms with Crippen LogP contribution in [-0.4, -0.2) is 21.6 Å². The molecule has 0 radical (unpaired) electrons. The number of rotatable bonds is 6. The number of aromatic nitrogens is 2. The number of benzene rings is 2. The van der Waals surface area contributed by atoms with E-state index in [1.54, 1.807) is 42.5 Å². The van der Waals surface area contributed by atoms with Gasteiger partial charge in [-0.15, -0.1) is 0 Å². The van der Waals surface area contributed by atoms with Gasteiger partial charge >= 0.3 is 0 Å². The maximum atomic E-state index is 13.1. The van der Waals surface area contributed by atoms with Crippen molar-refractivity contribution < 1.29 is 14.0 Å². The first-order chi connectivity index (χ1) is 15.5. The molecule has 0 atom stereocenters. The van der Waals surface area contributed by atoms with Crippen LogP contribution in [0.5, 0.6) is 0 Å². The normalized spacial score (nSPS) is 11.2. The fraction of sp³-hybridized carbons (Fsp3) is 0.0800. The Hall–Kier alpha value is -4.39. The summed E-state index contributed by atoms with van der Waals surface area (Å²) in [6.45, 7) is 3.89.